The number of hydrogen-bond donors (Lipinski definition) is 1. The van der Waals surface area contributed by atoms with Crippen molar-refractivity contribution in [2.24, 2.45) is 0 Å². The molecule has 0 aliphatic carbocycles. The third-order valence-electron chi connectivity index (χ3n) is 3.00. The van der Waals surface area contributed by atoms with Gasteiger partial charge in [0.1, 0.15) is 11.2 Å². The van der Waals surface area contributed by atoms with Crippen molar-refractivity contribution >= 4 is 11.7 Å². The maximum Gasteiger partial charge on any atom is 0.331 e. The van der Waals surface area contributed by atoms with Gasteiger partial charge in [-0.05, 0) is 13.3 Å². The van der Waals surface area contributed by atoms with E-state index in [-0.39, 0.29) is 6.42 Å². The van der Waals surface area contributed by atoms with E-state index >= 15 is 0 Å². The molecule has 0 saturated carbocycles. The van der Waals surface area contributed by atoms with Crippen molar-refractivity contribution in [3.05, 3.63) is 29.1 Å². The highest BCUT2D eigenvalue weighted by Gasteiger charge is 2.37. The van der Waals surface area contributed by atoms with Crippen LogP contribution >= 0.6 is 0 Å². The molecule has 0 bridgehead atoms. The number of nitrogens with one attached hydrogen (secondary N) is 1. The van der Waals surface area contributed by atoms with Crippen LogP contribution in [0.25, 0.3) is 0 Å². The van der Waals surface area contributed by atoms with Crippen molar-refractivity contribution in [2.75, 3.05) is 12.4 Å². The summed E-state index contributed by atoms with van der Waals surface area (Å²) in [5.74, 6) is -11.4. The van der Waals surface area contributed by atoms with E-state index in [4.69, 9.17) is 0 Å². The summed E-state index contributed by atoms with van der Waals surface area (Å²) in [7, 11) is 1.05. The summed E-state index contributed by atoms with van der Waals surface area (Å²) in [6.45, 7) is 2.93. The molecule has 8 heteroatoms. The van der Waals surface area contributed by atoms with E-state index in [0.29, 0.717) is 6.42 Å². The number of hydrogen-bond acceptors (Lipinski definition) is 3. The maximum absolute atomic E-state index is 13.6. The second-order valence-electron chi connectivity index (χ2n) is 4.64. The molecule has 0 fully saturated rings. The number of rotatable bonds is 5. The first-order valence-electron chi connectivity index (χ1n) is 6.07. The standard InChI is InChI=1S/C13H14F5NO2/c1-4-5-13(2,12(20)21-3)19-11-9(17)7(15)6(14)8(16)10(11)18/h19H,4-5H2,1-3H3. The molecule has 0 aliphatic heterocycles. The predicted molar refractivity (Wildman–Crippen MR) is 65.2 cm³/mol. The molecule has 1 aromatic rings. The average molecular weight is 311 g/mol. The van der Waals surface area contributed by atoms with E-state index in [0.717, 1.165) is 7.11 Å². The number of esters is 1. The molecule has 1 N–H and O–H groups in total. The first-order chi connectivity index (χ1) is 9.69. The predicted octanol–water partition coefficient (Wildman–Crippen LogP) is 3.53. The van der Waals surface area contributed by atoms with E-state index < -0.39 is 46.3 Å². The topological polar surface area (TPSA) is 38.3 Å². The minimum Gasteiger partial charge on any atom is -0.467 e. The Morgan fingerprint density at radius 1 is 1.05 bits per heavy atom. The van der Waals surface area contributed by atoms with E-state index in [1.165, 1.54) is 6.92 Å². The van der Waals surface area contributed by atoms with Crippen molar-refractivity contribution in [3.63, 3.8) is 0 Å². The highest BCUT2D eigenvalue weighted by molar-refractivity contribution is 5.84. The molecule has 1 aromatic carbocycles. The molecule has 0 radical (unpaired) electrons. The lowest BCUT2D eigenvalue weighted by atomic mass is 9.95. The van der Waals surface area contributed by atoms with Crippen LogP contribution in [0.5, 0.6) is 0 Å². The van der Waals surface area contributed by atoms with Crippen LogP contribution in [0.1, 0.15) is 26.7 Å². The first kappa shape index (κ1) is 17.2. The fourth-order valence-electron chi connectivity index (χ4n) is 1.93. The summed E-state index contributed by atoms with van der Waals surface area (Å²) in [4.78, 5) is 11.7. The number of halogens is 5. The normalized spacial score (nSPS) is 13.7. The number of carbonyl (C=O) groups is 1. The number of methoxy groups -OCH3 is 1. The second-order valence-corrected chi connectivity index (χ2v) is 4.64. The molecule has 21 heavy (non-hydrogen) atoms. The molecule has 3 nitrogen and oxygen atoms in total. The van der Waals surface area contributed by atoms with Crippen LogP contribution in [-0.2, 0) is 9.53 Å². The van der Waals surface area contributed by atoms with Gasteiger partial charge >= 0.3 is 5.97 Å². The minimum absolute atomic E-state index is 0.0686. The highest BCUT2D eigenvalue weighted by Crippen LogP contribution is 2.31. The Hall–Kier alpha value is -1.86. The van der Waals surface area contributed by atoms with E-state index in [2.05, 4.69) is 10.1 Å². The zero-order chi connectivity index (χ0) is 16.4. The summed E-state index contributed by atoms with van der Waals surface area (Å²) in [5, 5.41) is 2.08. The Balaban J connectivity index is 3.37. The van der Waals surface area contributed by atoms with Crippen LogP contribution in [0.4, 0.5) is 27.6 Å². The van der Waals surface area contributed by atoms with E-state index in [1.807, 2.05) is 0 Å². The van der Waals surface area contributed by atoms with Crippen molar-refractivity contribution < 1.29 is 31.5 Å². The van der Waals surface area contributed by atoms with Gasteiger partial charge in [0.2, 0.25) is 5.82 Å². The Kier molecular flexibility index (Phi) is 5.14. The minimum atomic E-state index is -2.26. The molecule has 0 spiro atoms. The molecule has 0 aromatic heterocycles. The van der Waals surface area contributed by atoms with Crippen LogP contribution in [-0.4, -0.2) is 18.6 Å². The molecule has 0 aliphatic rings. The van der Waals surface area contributed by atoms with Gasteiger partial charge in [-0.15, -0.1) is 0 Å². The summed E-state index contributed by atoms with van der Waals surface area (Å²) in [6.07, 6.45) is 0.479. The van der Waals surface area contributed by atoms with Crippen LogP contribution in [0.15, 0.2) is 0 Å². The third kappa shape index (κ3) is 3.08. The van der Waals surface area contributed by atoms with Crippen molar-refractivity contribution in [1.82, 2.24) is 0 Å². The summed E-state index contributed by atoms with van der Waals surface area (Å²) in [6, 6.07) is 0. The zero-order valence-electron chi connectivity index (χ0n) is 11.6. The Morgan fingerprint density at radius 3 is 1.86 bits per heavy atom. The van der Waals surface area contributed by atoms with Gasteiger partial charge in [-0.3, -0.25) is 0 Å². The van der Waals surface area contributed by atoms with Gasteiger partial charge in [-0.1, -0.05) is 13.3 Å². The quantitative estimate of drug-likeness (QED) is 0.391. The van der Waals surface area contributed by atoms with Gasteiger partial charge in [0.25, 0.3) is 0 Å². The third-order valence-corrected chi connectivity index (χ3v) is 3.00. The van der Waals surface area contributed by atoms with Gasteiger partial charge in [0.05, 0.1) is 7.11 Å². The molecule has 0 saturated heterocycles. The molecular formula is C13H14F5NO2. The van der Waals surface area contributed by atoms with Crippen molar-refractivity contribution in [3.8, 4) is 0 Å². The largest absolute Gasteiger partial charge is 0.467 e. The molecular weight excluding hydrogens is 297 g/mol. The van der Waals surface area contributed by atoms with Gasteiger partial charge in [0.15, 0.2) is 23.3 Å². The second kappa shape index (κ2) is 6.28. The van der Waals surface area contributed by atoms with Crippen LogP contribution in [0.2, 0.25) is 0 Å². The first-order valence-corrected chi connectivity index (χ1v) is 6.07. The SMILES string of the molecule is CCCC(C)(Nc1c(F)c(F)c(F)c(F)c1F)C(=O)OC. The van der Waals surface area contributed by atoms with Crippen LogP contribution < -0.4 is 5.32 Å². The molecule has 118 valence electrons. The summed E-state index contributed by atoms with van der Waals surface area (Å²) >= 11 is 0. The van der Waals surface area contributed by atoms with Gasteiger partial charge in [0, 0.05) is 0 Å². The monoisotopic (exact) mass is 311 g/mol. The smallest absolute Gasteiger partial charge is 0.331 e. The Labute approximate surface area is 118 Å². The fourth-order valence-corrected chi connectivity index (χ4v) is 1.93. The van der Waals surface area contributed by atoms with Crippen molar-refractivity contribution in [2.45, 2.75) is 32.2 Å². The Morgan fingerprint density at radius 2 is 1.48 bits per heavy atom. The average Bonchev–Trinajstić information content (AvgIpc) is 2.47. The molecule has 0 amide bonds. The summed E-state index contributed by atoms with van der Waals surface area (Å²) in [5.41, 5.74) is -2.88. The van der Waals surface area contributed by atoms with E-state index in [1.54, 1.807) is 6.92 Å². The van der Waals surface area contributed by atoms with Gasteiger partial charge < -0.3 is 10.1 Å². The van der Waals surface area contributed by atoms with Crippen LogP contribution in [0.3, 0.4) is 0 Å². The number of anilines is 1. The lowest BCUT2D eigenvalue weighted by Crippen LogP contribution is -2.45. The van der Waals surface area contributed by atoms with Gasteiger partial charge in [-0.2, -0.15) is 0 Å². The molecule has 1 atom stereocenters. The number of carbonyl (C=O) groups excluding carboxylic acids is 1. The molecule has 0 heterocycles. The summed E-state index contributed by atoms with van der Waals surface area (Å²) < 4.78 is 70.9. The van der Waals surface area contributed by atoms with E-state index in [9.17, 15) is 26.7 Å². The lowest BCUT2D eigenvalue weighted by molar-refractivity contribution is -0.145. The highest BCUT2D eigenvalue weighted by atomic mass is 19.2. The van der Waals surface area contributed by atoms with Crippen LogP contribution in [0, 0.1) is 29.1 Å². The fraction of sp³-hybridized carbons (Fsp3) is 0.462. The van der Waals surface area contributed by atoms with Gasteiger partial charge in [-0.25, -0.2) is 26.7 Å². The number of benzene rings is 1. The maximum atomic E-state index is 13.6. The zero-order valence-corrected chi connectivity index (χ0v) is 11.6. The molecule has 1 unspecified atom stereocenters. The lowest BCUT2D eigenvalue weighted by Gasteiger charge is -2.29. The number of ether oxygens (including phenoxy) is 1. The molecule has 1 rings (SSSR count). The van der Waals surface area contributed by atoms with Crippen molar-refractivity contribution in [1.29, 1.82) is 0 Å². The Bertz CT molecular complexity index is 535.